The summed E-state index contributed by atoms with van der Waals surface area (Å²) >= 11 is 0. The monoisotopic (exact) mass is 275 g/mol. The molecule has 0 aromatic heterocycles. The lowest BCUT2D eigenvalue weighted by molar-refractivity contribution is 0.0791. The number of nitrogens with two attached hydrogens (primary N) is 1. The zero-order valence-corrected chi connectivity index (χ0v) is 11.1. The third-order valence-corrected chi connectivity index (χ3v) is 3.12. The standard InChI is InChI=1S/C15H14FNO3/c1-15(2,18)9-6-13-14(7-10(9)17)20-12-5-8(16)3-4-11(12)19-13/h3-7,18H,17H2,1-2H3. The number of hydrogen-bond donors (Lipinski definition) is 2. The maximum Gasteiger partial charge on any atom is 0.173 e. The average Bonchev–Trinajstić information content (AvgIpc) is 2.34. The van der Waals surface area contributed by atoms with Gasteiger partial charge in [-0.15, -0.1) is 0 Å². The molecule has 4 nitrogen and oxygen atoms in total. The molecule has 0 unspecified atom stereocenters. The van der Waals surface area contributed by atoms with E-state index in [9.17, 15) is 9.50 Å². The molecule has 2 aromatic carbocycles. The minimum atomic E-state index is -1.09. The first-order valence-electron chi connectivity index (χ1n) is 6.16. The Bertz CT molecular complexity index is 692. The minimum Gasteiger partial charge on any atom is -0.449 e. The highest BCUT2D eigenvalue weighted by atomic mass is 19.1. The number of aliphatic hydroxyl groups is 1. The van der Waals surface area contributed by atoms with Crippen molar-refractivity contribution in [2.75, 3.05) is 5.73 Å². The maximum absolute atomic E-state index is 13.2. The van der Waals surface area contributed by atoms with Gasteiger partial charge >= 0.3 is 0 Å². The summed E-state index contributed by atoms with van der Waals surface area (Å²) in [6, 6.07) is 7.24. The first kappa shape index (κ1) is 12.7. The summed E-state index contributed by atoms with van der Waals surface area (Å²) in [6.07, 6.45) is 0. The highest BCUT2D eigenvalue weighted by Crippen LogP contribution is 2.48. The van der Waals surface area contributed by atoms with Crippen LogP contribution in [0.5, 0.6) is 23.0 Å². The number of halogens is 1. The Labute approximate surface area is 115 Å². The number of hydrogen-bond acceptors (Lipinski definition) is 4. The second kappa shape index (κ2) is 4.11. The van der Waals surface area contributed by atoms with Crippen LogP contribution in [0.2, 0.25) is 0 Å². The van der Waals surface area contributed by atoms with Crippen molar-refractivity contribution >= 4 is 5.69 Å². The molecule has 0 saturated heterocycles. The fourth-order valence-corrected chi connectivity index (χ4v) is 2.15. The van der Waals surface area contributed by atoms with Gasteiger partial charge in [0.2, 0.25) is 0 Å². The van der Waals surface area contributed by atoms with Crippen LogP contribution in [0, 0.1) is 5.82 Å². The molecule has 0 atom stereocenters. The van der Waals surface area contributed by atoms with Gasteiger partial charge in [-0.05, 0) is 32.0 Å². The van der Waals surface area contributed by atoms with Crippen molar-refractivity contribution in [3.63, 3.8) is 0 Å². The molecule has 3 N–H and O–H groups in total. The Morgan fingerprint density at radius 3 is 2.30 bits per heavy atom. The Hall–Kier alpha value is -2.27. The topological polar surface area (TPSA) is 64.7 Å². The number of fused-ring (bicyclic) bond motifs is 2. The van der Waals surface area contributed by atoms with Gasteiger partial charge in [0, 0.05) is 23.4 Å². The average molecular weight is 275 g/mol. The maximum atomic E-state index is 13.2. The number of benzene rings is 2. The Morgan fingerprint density at radius 2 is 1.60 bits per heavy atom. The van der Waals surface area contributed by atoms with E-state index >= 15 is 0 Å². The van der Waals surface area contributed by atoms with Crippen molar-refractivity contribution < 1.29 is 19.0 Å². The molecule has 1 aliphatic rings. The second-order valence-electron chi connectivity index (χ2n) is 5.24. The van der Waals surface area contributed by atoms with Gasteiger partial charge in [0.1, 0.15) is 5.82 Å². The first-order chi connectivity index (χ1) is 9.34. The van der Waals surface area contributed by atoms with Crippen LogP contribution in [0.15, 0.2) is 30.3 Å². The summed E-state index contributed by atoms with van der Waals surface area (Å²) in [5, 5.41) is 10.1. The van der Waals surface area contributed by atoms with Crippen molar-refractivity contribution in [1.82, 2.24) is 0 Å². The van der Waals surface area contributed by atoms with Crippen LogP contribution < -0.4 is 15.2 Å². The van der Waals surface area contributed by atoms with Crippen molar-refractivity contribution in [1.29, 1.82) is 0 Å². The summed E-state index contributed by atoms with van der Waals surface area (Å²) in [6.45, 7) is 3.27. The number of ether oxygens (including phenoxy) is 2. The minimum absolute atomic E-state index is 0.299. The molecule has 1 aliphatic heterocycles. The lowest BCUT2D eigenvalue weighted by atomic mass is 9.96. The summed E-state index contributed by atoms with van der Waals surface area (Å²) < 4.78 is 24.4. The van der Waals surface area contributed by atoms with E-state index in [2.05, 4.69) is 0 Å². The van der Waals surface area contributed by atoms with Crippen LogP contribution >= 0.6 is 0 Å². The molecule has 0 radical (unpaired) electrons. The highest BCUT2D eigenvalue weighted by Gasteiger charge is 2.26. The molecule has 0 fully saturated rings. The van der Waals surface area contributed by atoms with Gasteiger partial charge in [-0.3, -0.25) is 0 Å². The van der Waals surface area contributed by atoms with Gasteiger partial charge in [-0.25, -0.2) is 4.39 Å². The van der Waals surface area contributed by atoms with Gasteiger partial charge in [-0.1, -0.05) is 0 Å². The van der Waals surface area contributed by atoms with E-state index in [1.165, 1.54) is 18.2 Å². The molecule has 1 heterocycles. The van der Waals surface area contributed by atoms with Gasteiger partial charge in [-0.2, -0.15) is 0 Å². The van der Waals surface area contributed by atoms with Gasteiger partial charge in [0.05, 0.1) is 5.60 Å². The summed E-state index contributed by atoms with van der Waals surface area (Å²) in [5.41, 5.74) is 5.75. The predicted octanol–water partition coefficient (Wildman–Crippen LogP) is 3.53. The SMILES string of the molecule is CC(C)(O)c1cc2c(cc1N)Oc1cc(F)ccc1O2. The molecular weight excluding hydrogens is 261 g/mol. The molecule has 0 spiro atoms. The van der Waals surface area contributed by atoms with Gasteiger partial charge in [0.15, 0.2) is 23.0 Å². The zero-order valence-electron chi connectivity index (χ0n) is 11.1. The van der Waals surface area contributed by atoms with Crippen molar-refractivity contribution in [2.24, 2.45) is 0 Å². The molecule has 0 saturated carbocycles. The Morgan fingerprint density at radius 1 is 1.00 bits per heavy atom. The molecule has 0 amide bonds. The van der Waals surface area contributed by atoms with Crippen molar-refractivity contribution in [2.45, 2.75) is 19.4 Å². The summed E-state index contributed by atoms with van der Waals surface area (Å²) in [5.74, 6) is 1.15. The predicted molar refractivity (Wildman–Crippen MR) is 72.6 cm³/mol. The summed E-state index contributed by atoms with van der Waals surface area (Å²) in [7, 11) is 0. The van der Waals surface area contributed by atoms with Crippen LogP contribution in [0.4, 0.5) is 10.1 Å². The fourth-order valence-electron chi connectivity index (χ4n) is 2.15. The number of anilines is 1. The van der Waals surface area contributed by atoms with E-state index in [4.69, 9.17) is 15.2 Å². The molecule has 5 heteroatoms. The van der Waals surface area contributed by atoms with E-state index in [1.807, 2.05) is 0 Å². The van der Waals surface area contributed by atoms with Crippen molar-refractivity contribution in [3.05, 3.63) is 41.7 Å². The molecule has 0 aliphatic carbocycles. The van der Waals surface area contributed by atoms with Crippen molar-refractivity contribution in [3.8, 4) is 23.0 Å². The van der Waals surface area contributed by atoms with Gasteiger partial charge in [0.25, 0.3) is 0 Å². The highest BCUT2D eigenvalue weighted by molar-refractivity contribution is 5.63. The third-order valence-electron chi connectivity index (χ3n) is 3.12. The van der Waals surface area contributed by atoms with E-state index in [0.717, 1.165) is 0 Å². The molecule has 104 valence electrons. The molecule has 3 rings (SSSR count). The Kier molecular flexibility index (Phi) is 2.62. The molecule has 20 heavy (non-hydrogen) atoms. The van der Waals surface area contributed by atoms with Gasteiger partial charge < -0.3 is 20.3 Å². The van der Waals surface area contributed by atoms with Crippen LogP contribution in [-0.4, -0.2) is 5.11 Å². The van der Waals surface area contributed by atoms with E-state index in [0.29, 0.717) is 34.2 Å². The van der Waals surface area contributed by atoms with Crippen LogP contribution in [0.25, 0.3) is 0 Å². The van der Waals surface area contributed by atoms with E-state index < -0.39 is 11.4 Å². The van der Waals surface area contributed by atoms with Crippen LogP contribution in [-0.2, 0) is 5.60 Å². The quantitative estimate of drug-likeness (QED) is 0.667. The molecular formula is C15H14FNO3. The largest absolute Gasteiger partial charge is 0.449 e. The van der Waals surface area contributed by atoms with Crippen LogP contribution in [0.3, 0.4) is 0 Å². The smallest absolute Gasteiger partial charge is 0.173 e. The fraction of sp³-hybridized carbons (Fsp3) is 0.200. The third kappa shape index (κ3) is 2.06. The lowest BCUT2D eigenvalue weighted by Crippen LogP contribution is -2.18. The van der Waals surface area contributed by atoms with E-state index in [1.54, 1.807) is 26.0 Å². The second-order valence-corrected chi connectivity index (χ2v) is 5.24. The zero-order chi connectivity index (χ0) is 14.5. The lowest BCUT2D eigenvalue weighted by Gasteiger charge is -2.25. The Balaban J connectivity index is 2.09. The number of rotatable bonds is 1. The van der Waals surface area contributed by atoms with Crippen LogP contribution in [0.1, 0.15) is 19.4 Å². The first-order valence-corrected chi connectivity index (χ1v) is 6.16. The van der Waals surface area contributed by atoms with E-state index in [-0.39, 0.29) is 0 Å². The normalized spacial score (nSPS) is 13.0. The number of nitrogen functional groups attached to an aromatic ring is 1. The summed E-state index contributed by atoms with van der Waals surface area (Å²) in [4.78, 5) is 0. The molecule has 0 bridgehead atoms. The molecule has 2 aromatic rings.